The van der Waals surface area contributed by atoms with Gasteiger partial charge in [-0.3, -0.25) is 4.98 Å². The molecule has 0 saturated carbocycles. The van der Waals surface area contributed by atoms with Crippen LogP contribution in [0.15, 0.2) is 66.9 Å². The van der Waals surface area contributed by atoms with Crippen molar-refractivity contribution in [2.24, 2.45) is 0 Å². The molecule has 0 bridgehead atoms. The summed E-state index contributed by atoms with van der Waals surface area (Å²) in [5, 5.41) is 0. The summed E-state index contributed by atoms with van der Waals surface area (Å²) < 4.78 is 37.5. The highest BCUT2D eigenvalue weighted by Gasteiger charge is 2.41. The summed E-state index contributed by atoms with van der Waals surface area (Å²) in [4.78, 5) is 18.5. The fourth-order valence-electron chi connectivity index (χ4n) is 5.42. The van der Waals surface area contributed by atoms with Gasteiger partial charge in [0.15, 0.2) is 15.4 Å². The molecular formula is C33H36N2O5S. The number of pyridine rings is 1. The monoisotopic (exact) mass is 572 g/mol. The second-order valence-corrected chi connectivity index (χ2v) is 13.3. The van der Waals surface area contributed by atoms with E-state index in [1.807, 2.05) is 43.3 Å². The van der Waals surface area contributed by atoms with Gasteiger partial charge in [-0.15, -0.1) is 6.42 Å². The van der Waals surface area contributed by atoms with Gasteiger partial charge in [-0.25, -0.2) is 13.2 Å². The number of likely N-dealkylation sites (tertiary alicyclic amines) is 1. The van der Waals surface area contributed by atoms with Crippen LogP contribution in [0, 0.1) is 12.3 Å². The van der Waals surface area contributed by atoms with Crippen molar-refractivity contribution in [3.8, 4) is 29.2 Å². The number of aromatic nitrogens is 1. The van der Waals surface area contributed by atoms with Crippen LogP contribution in [0.2, 0.25) is 0 Å². The van der Waals surface area contributed by atoms with Gasteiger partial charge in [0.2, 0.25) is 0 Å². The van der Waals surface area contributed by atoms with Gasteiger partial charge in [-0.2, -0.15) is 0 Å². The number of fused-ring (bicyclic) bond motifs is 1. The third-order valence-electron chi connectivity index (χ3n) is 8.23. The molecule has 7 nitrogen and oxygen atoms in total. The summed E-state index contributed by atoms with van der Waals surface area (Å²) in [6.45, 7) is 4.81. The van der Waals surface area contributed by atoms with E-state index in [-0.39, 0.29) is 23.2 Å². The van der Waals surface area contributed by atoms with Crippen molar-refractivity contribution < 1.29 is 22.7 Å². The number of hydrogen-bond acceptors (Lipinski definition) is 6. The summed E-state index contributed by atoms with van der Waals surface area (Å²) in [5.74, 6) is 3.37. The fraction of sp³-hybridized carbons (Fsp3) is 0.394. The number of rotatable bonds is 7. The molecule has 0 aliphatic carbocycles. The zero-order valence-corrected chi connectivity index (χ0v) is 24.5. The van der Waals surface area contributed by atoms with E-state index in [9.17, 15) is 13.2 Å². The molecular weight excluding hydrogens is 536 g/mol. The first-order chi connectivity index (χ1) is 19.6. The van der Waals surface area contributed by atoms with Gasteiger partial charge in [-0.1, -0.05) is 49.2 Å². The van der Waals surface area contributed by atoms with E-state index < -0.39 is 15.4 Å². The van der Waals surface area contributed by atoms with Crippen LogP contribution in [0.1, 0.15) is 56.4 Å². The van der Waals surface area contributed by atoms with Crippen molar-refractivity contribution in [3.63, 3.8) is 0 Å². The van der Waals surface area contributed by atoms with Crippen molar-refractivity contribution in [1.82, 2.24) is 9.88 Å². The lowest BCUT2D eigenvalue weighted by molar-refractivity contribution is -0.0247. The number of ether oxygens (including phenoxy) is 2. The average molecular weight is 573 g/mol. The van der Waals surface area contributed by atoms with E-state index in [2.05, 4.69) is 17.0 Å². The van der Waals surface area contributed by atoms with Gasteiger partial charge < -0.3 is 14.4 Å². The number of carbonyl (C=O) groups excluding carboxylic acids is 1. The predicted octanol–water partition coefficient (Wildman–Crippen LogP) is 5.96. The summed E-state index contributed by atoms with van der Waals surface area (Å²) in [6, 6.07) is 19.2. The molecule has 214 valence electrons. The minimum absolute atomic E-state index is 0.0268. The molecule has 1 atom stereocenters. The number of carbonyl (C=O) groups is 1. The van der Waals surface area contributed by atoms with Crippen LogP contribution in [0.25, 0.3) is 11.1 Å². The maximum atomic E-state index is 12.7. The van der Waals surface area contributed by atoms with E-state index in [1.165, 1.54) is 0 Å². The minimum atomic E-state index is -3.33. The van der Waals surface area contributed by atoms with Crippen LogP contribution in [-0.4, -0.2) is 48.7 Å². The molecule has 1 amide bonds. The Morgan fingerprint density at radius 3 is 2.46 bits per heavy atom. The maximum Gasteiger partial charge on any atom is 0.411 e. The first kappa shape index (κ1) is 28.7. The highest BCUT2D eigenvalue weighted by atomic mass is 32.2. The zero-order chi connectivity index (χ0) is 29.1. The highest BCUT2D eigenvalue weighted by Crippen LogP contribution is 2.41. The molecule has 41 heavy (non-hydrogen) atoms. The normalized spacial score (nSPS) is 17.5. The molecule has 1 spiro atoms. The van der Waals surface area contributed by atoms with E-state index in [0.717, 1.165) is 53.7 Å². The predicted molar refractivity (Wildman–Crippen MR) is 159 cm³/mol. The number of piperidine rings is 1. The van der Waals surface area contributed by atoms with Gasteiger partial charge in [0.05, 0.1) is 17.2 Å². The Bertz CT molecular complexity index is 1540. The number of aryl methyl sites for hydroxylation is 1. The van der Waals surface area contributed by atoms with Crippen molar-refractivity contribution in [1.29, 1.82) is 0 Å². The van der Waals surface area contributed by atoms with Crippen molar-refractivity contribution >= 4 is 15.9 Å². The molecule has 0 N–H and O–H groups in total. The summed E-state index contributed by atoms with van der Waals surface area (Å²) in [5.41, 5.74) is 3.38. The standard InChI is InChI=1S/C33H36N2O5S/c1-4-32(3,5-2)40-31(36)35-20-17-33(18-21-35)16-15-28-22-27(13-14-30(28)39-33)26-11-9-25(10-12-26)23-41(37,38)24-29-8-6-7-19-34-29/h1,6-14,19,22H,5,15-18,20-21,23-24H2,2-3H3. The Morgan fingerprint density at radius 1 is 1.07 bits per heavy atom. The van der Waals surface area contributed by atoms with Gasteiger partial charge in [0, 0.05) is 32.1 Å². The molecule has 1 aromatic heterocycles. The molecule has 5 rings (SSSR count). The van der Waals surface area contributed by atoms with Crippen LogP contribution in [0.5, 0.6) is 5.75 Å². The number of benzene rings is 2. The second kappa shape index (κ2) is 11.6. The maximum absolute atomic E-state index is 12.7. The summed E-state index contributed by atoms with van der Waals surface area (Å²) in [7, 11) is -3.33. The van der Waals surface area contributed by atoms with Gasteiger partial charge >= 0.3 is 6.09 Å². The number of sulfone groups is 1. The van der Waals surface area contributed by atoms with Crippen LogP contribution >= 0.6 is 0 Å². The molecule has 8 heteroatoms. The third kappa shape index (κ3) is 6.74. The minimum Gasteiger partial charge on any atom is -0.487 e. The fourth-order valence-corrected chi connectivity index (χ4v) is 6.84. The van der Waals surface area contributed by atoms with Gasteiger partial charge in [-0.05, 0) is 72.7 Å². The molecule has 2 aromatic carbocycles. The van der Waals surface area contributed by atoms with Crippen molar-refractivity contribution in [3.05, 3.63) is 83.7 Å². The molecule has 1 fully saturated rings. The third-order valence-corrected chi connectivity index (χ3v) is 9.74. The highest BCUT2D eigenvalue weighted by molar-refractivity contribution is 7.89. The average Bonchev–Trinajstić information content (AvgIpc) is 2.97. The van der Waals surface area contributed by atoms with Gasteiger partial charge in [0.1, 0.15) is 11.4 Å². The largest absolute Gasteiger partial charge is 0.487 e. The Hall–Kier alpha value is -3.83. The number of amides is 1. The summed E-state index contributed by atoms with van der Waals surface area (Å²) >= 11 is 0. The Labute approximate surface area is 242 Å². The zero-order valence-electron chi connectivity index (χ0n) is 23.6. The first-order valence-corrected chi connectivity index (χ1v) is 15.9. The second-order valence-electron chi connectivity index (χ2n) is 11.2. The quantitative estimate of drug-likeness (QED) is 0.325. The Kier molecular flexibility index (Phi) is 8.10. The first-order valence-electron chi connectivity index (χ1n) is 14.1. The summed E-state index contributed by atoms with van der Waals surface area (Å²) in [6.07, 6.45) is 10.6. The smallest absolute Gasteiger partial charge is 0.411 e. The van der Waals surface area contributed by atoms with E-state index in [4.69, 9.17) is 15.9 Å². The van der Waals surface area contributed by atoms with Crippen molar-refractivity contribution in [2.45, 2.75) is 68.7 Å². The number of hydrogen-bond donors (Lipinski definition) is 0. The molecule has 0 radical (unpaired) electrons. The van der Waals surface area contributed by atoms with Crippen molar-refractivity contribution in [2.75, 3.05) is 13.1 Å². The van der Waals surface area contributed by atoms with E-state index in [0.29, 0.717) is 25.2 Å². The molecule has 1 unspecified atom stereocenters. The SMILES string of the molecule is C#CC(C)(CC)OC(=O)N1CCC2(CCc3cc(-c4ccc(CS(=O)(=O)Cc5ccccn5)cc4)ccc3O2)CC1. The lowest BCUT2D eigenvalue weighted by Crippen LogP contribution is -2.52. The Balaban J connectivity index is 1.19. The van der Waals surface area contributed by atoms with Crippen LogP contribution in [-0.2, 0) is 32.5 Å². The lowest BCUT2D eigenvalue weighted by atomic mass is 9.82. The molecule has 3 heterocycles. The van der Waals surface area contributed by atoms with E-state index >= 15 is 0 Å². The lowest BCUT2D eigenvalue weighted by Gasteiger charge is -2.44. The molecule has 3 aromatic rings. The number of nitrogens with zero attached hydrogens (tertiary/aromatic N) is 2. The van der Waals surface area contributed by atoms with Gasteiger partial charge in [0.25, 0.3) is 0 Å². The number of terminal acetylenes is 1. The van der Waals surface area contributed by atoms with E-state index in [1.54, 1.807) is 36.2 Å². The Morgan fingerprint density at radius 2 is 1.80 bits per heavy atom. The molecule has 1 saturated heterocycles. The molecule has 2 aliphatic heterocycles. The van der Waals surface area contributed by atoms with Crippen LogP contribution < -0.4 is 4.74 Å². The van der Waals surface area contributed by atoms with Crippen LogP contribution in [0.4, 0.5) is 4.79 Å². The van der Waals surface area contributed by atoms with Crippen LogP contribution in [0.3, 0.4) is 0 Å². The topological polar surface area (TPSA) is 85.8 Å². The molecule has 2 aliphatic rings.